The minimum atomic E-state index is 0.697. The van der Waals surface area contributed by atoms with Gasteiger partial charge in [-0.05, 0) is 30.7 Å². The molecule has 0 fully saturated rings. The molecule has 0 aliphatic rings. The van der Waals surface area contributed by atoms with E-state index in [-0.39, 0.29) is 0 Å². The first kappa shape index (κ1) is 12.3. The number of benzene rings is 1. The molecule has 0 aromatic heterocycles. The van der Waals surface area contributed by atoms with Crippen LogP contribution < -0.4 is 5.32 Å². The fraction of sp³-hybridized carbons (Fsp3) is 0.308. The van der Waals surface area contributed by atoms with E-state index in [0.29, 0.717) is 12.2 Å². The summed E-state index contributed by atoms with van der Waals surface area (Å²) >= 11 is 0. The SMILES string of the molecule is C=COCCCNCc1ccc(C#N)cc1. The van der Waals surface area contributed by atoms with Gasteiger partial charge in [-0.1, -0.05) is 18.7 Å². The zero-order valence-corrected chi connectivity index (χ0v) is 9.28. The van der Waals surface area contributed by atoms with Gasteiger partial charge in [0.1, 0.15) is 0 Å². The van der Waals surface area contributed by atoms with E-state index in [0.717, 1.165) is 19.5 Å². The number of hydrogen-bond acceptors (Lipinski definition) is 3. The number of ether oxygens (including phenoxy) is 1. The van der Waals surface area contributed by atoms with Crippen molar-refractivity contribution in [3.8, 4) is 6.07 Å². The molecule has 1 aromatic carbocycles. The van der Waals surface area contributed by atoms with E-state index < -0.39 is 0 Å². The number of nitriles is 1. The van der Waals surface area contributed by atoms with Gasteiger partial charge < -0.3 is 10.1 Å². The number of nitrogens with zero attached hydrogens (tertiary/aromatic N) is 1. The van der Waals surface area contributed by atoms with E-state index in [1.165, 1.54) is 11.8 Å². The van der Waals surface area contributed by atoms with Gasteiger partial charge in [-0.3, -0.25) is 0 Å². The zero-order valence-electron chi connectivity index (χ0n) is 9.28. The van der Waals surface area contributed by atoms with Crippen LogP contribution in [-0.2, 0) is 11.3 Å². The summed E-state index contributed by atoms with van der Waals surface area (Å²) in [5, 5.41) is 11.9. The van der Waals surface area contributed by atoms with Crippen LogP contribution in [0.5, 0.6) is 0 Å². The molecule has 0 saturated carbocycles. The highest BCUT2D eigenvalue weighted by Crippen LogP contribution is 2.02. The van der Waals surface area contributed by atoms with Crippen LogP contribution in [-0.4, -0.2) is 13.2 Å². The molecule has 1 N–H and O–H groups in total. The Kier molecular flexibility index (Phi) is 5.75. The molecule has 0 aliphatic heterocycles. The maximum absolute atomic E-state index is 8.64. The van der Waals surface area contributed by atoms with Crippen molar-refractivity contribution >= 4 is 0 Å². The lowest BCUT2D eigenvalue weighted by Gasteiger charge is -2.04. The number of hydrogen-bond donors (Lipinski definition) is 1. The second-order valence-electron chi connectivity index (χ2n) is 3.38. The molecule has 84 valence electrons. The molecule has 0 atom stereocenters. The van der Waals surface area contributed by atoms with Crippen LogP contribution in [0.4, 0.5) is 0 Å². The van der Waals surface area contributed by atoms with Crippen molar-refractivity contribution in [3.05, 3.63) is 48.2 Å². The molecule has 1 rings (SSSR count). The van der Waals surface area contributed by atoms with E-state index >= 15 is 0 Å². The Morgan fingerprint density at radius 3 is 2.75 bits per heavy atom. The zero-order chi connectivity index (χ0) is 11.6. The van der Waals surface area contributed by atoms with E-state index in [2.05, 4.69) is 18.0 Å². The van der Waals surface area contributed by atoms with Crippen LogP contribution in [0.2, 0.25) is 0 Å². The third kappa shape index (κ3) is 4.63. The van der Waals surface area contributed by atoms with Crippen LogP contribution in [0.1, 0.15) is 17.5 Å². The van der Waals surface area contributed by atoms with Crippen molar-refractivity contribution < 1.29 is 4.74 Å². The summed E-state index contributed by atoms with van der Waals surface area (Å²) in [7, 11) is 0. The van der Waals surface area contributed by atoms with E-state index in [1.54, 1.807) is 0 Å². The second-order valence-corrected chi connectivity index (χ2v) is 3.38. The van der Waals surface area contributed by atoms with Gasteiger partial charge in [0.05, 0.1) is 24.5 Å². The maximum atomic E-state index is 8.64. The molecule has 0 saturated heterocycles. The molecule has 0 heterocycles. The van der Waals surface area contributed by atoms with Gasteiger partial charge in [0, 0.05) is 6.54 Å². The summed E-state index contributed by atoms with van der Waals surface area (Å²) in [5.74, 6) is 0. The first-order chi connectivity index (χ1) is 7.86. The molecule has 0 radical (unpaired) electrons. The smallest absolute Gasteiger partial charge is 0.0991 e. The quantitative estimate of drug-likeness (QED) is 0.561. The van der Waals surface area contributed by atoms with E-state index in [1.807, 2.05) is 24.3 Å². The Labute approximate surface area is 96.4 Å². The van der Waals surface area contributed by atoms with Gasteiger partial charge in [-0.25, -0.2) is 0 Å². The minimum Gasteiger partial charge on any atom is -0.502 e. The average Bonchev–Trinajstić information content (AvgIpc) is 2.34. The molecule has 0 amide bonds. The van der Waals surface area contributed by atoms with Gasteiger partial charge in [-0.2, -0.15) is 5.26 Å². The first-order valence-corrected chi connectivity index (χ1v) is 5.29. The predicted octanol–water partition coefficient (Wildman–Crippen LogP) is 2.20. The summed E-state index contributed by atoms with van der Waals surface area (Å²) < 4.78 is 5.00. The molecule has 16 heavy (non-hydrogen) atoms. The van der Waals surface area contributed by atoms with Gasteiger partial charge in [0.15, 0.2) is 0 Å². The fourth-order valence-electron chi connectivity index (χ4n) is 1.29. The molecule has 0 unspecified atom stereocenters. The Balaban J connectivity index is 2.17. The highest BCUT2D eigenvalue weighted by Gasteiger charge is 1.93. The summed E-state index contributed by atoms with van der Waals surface area (Å²) in [6, 6.07) is 9.69. The fourth-order valence-corrected chi connectivity index (χ4v) is 1.29. The van der Waals surface area contributed by atoms with Crippen LogP contribution in [0.25, 0.3) is 0 Å². The number of rotatable bonds is 7. The number of nitrogens with one attached hydrogen (secondary N) is 1. The van der Waals surface area contributed by atoms with Gasteiger partial charge in [-0.15, -0.1) is 0 Å². The summed E-state index contributed by atoms with van der Waals surface area (Å²) in [5.41, 5.74) is 1.88. The lowest BCUT2D eigenvalue weighted by atomic mass is 10.1. The maximum Gasteiger partial charge on any atom is 0.0991 e. The van der Waals surface area contributed by atoms with E-state index in [9.17, 15) is 0 Å². The molecule has 0 bridgehead atoms. The minimum absolute atomic E-state index is 0.697. The van der Waals surface area contributed by atoms with Crippen LogP contribution >= 0.6 is 0 Å². The van der Waals surface area contributed by atoms with Crippen molar-refractivity contribution in [1.29, 1.82) is 5.26 Å². The van der Waals surface area contributed by atoms with Crippen molar-refractivity contribution in [2.75, 3.05) is 13.2 Å². The molecule has 1 aromatic rings. The van der Waals surface area contributed by atoms with Crippen LogP contribution in [0, 0.1) is 11.3 Å². The topological polar surface area (TPSA) is 45.0 Å². The van der Waals surface area contributed by atoms with Crippen molar-refractivity contribution in [1.82, 2.24) is 5.32 Å². The third-order valence-electron chi connectivity index (χ3n) is 2.15. The van der Waals surface area contributed by atoms with Crippen molar-refractivity contribution in [3.63, 3.8) is 0 Å². The highest BCUT2D eigenvalue weighted by atomic mass is 16.5. The molecule has 3 nitrogen and oxygen atoms in total. The molecule has 0 spiro atoms. The monoisotopic (exact) mass is 216 g/mol. The van der Waals surface area contributed by atoms with Gasteiger partial charge >= 0.3 is 0 Å². The Bertz CT molecular complexity index is 351. The largest absolute Gasteiger partial charge is 0.502 e. The molecule has 0 aliphatic carbocycles. The molecular weight excluding hydrogens is 200 g/mol. The van der Waals surface area contributed by atoms with E-state index in [4.69, 9.17) is 10.00 Å². The summed E-state index contributed by atoms with van der Waals surface area (Å²) in [4.78, 5) is 0. The average molecular weight is 216 g/mol. The first-order valence-electron chi connectivity index (χ1n) is 5.29. The molecule has 3 heteroatoms. The highest BCUT2D eigenvalue weighted by molar-refractivity contribution is 5.31. The summed E-state index contributed by atoms with van der Waals surface area (Å²) in [6.45, 7) is 5.90. The Morgan fingerprint density at radius 1 is 1.38 bits per heavy atom. The standard InChI is InChI=1S/C13H16N2O/c1-2-16-9-3-8-15-11-13-6-4-12(10-14)5-7-13/h2,4-7,15H,1,3,8-9,11H2. The van der Waals surface area contributed by atoms with Crippen LogP contribution in [0.15, 0.2) is 37.1 Å². The van der Waals surface area contributed by atoms with Gasteiger partial charge in [0.25, 0.3) is 0 Å². The van der Waals surface area contributed by atoms with Crippen LogP contribution in [0.3, 0.4) is 0 Å². The lowest BCUT2D eigenvalue weighted by molar-refractivity contribution is 0.244. The normalized spacial score (nSPS) is 9.44. The van der Waals surface area contributed by atoms with Crippen molar-refractivity contribution in [2.24, 2.45) is 0 Å². The Hall–Kier alpha value is -1.79. The van der Waals surface area contributed by atoms with Gasteiger partial charge in [0.2, 0.25) is 0 Å². The second kappa shape index (κ2) is 7.49. The predicted molar refractivity (Wildman–Crippen MR) is 63.6 cm³/mol. The Morgan fingerprint density at radius 2 is 2.12 bits per heavy atom. The third-order valence-corrected chi connectivity index (χ3v) is 2.15. The molecular formula is C13H16N2O. The van der Waals surface area contributed by atoms with Crippen molar-refractivity contribution in [2.45, 2.75) is 13.0 Å². The lowest BCUT2D eigenvalue weighted by Crippen LogP contribution is -2.15. The summed E-state index contributed by atoms with van der Waals surface area (Å²) in [6.07, 6.45) is 2.42.